The van der Waals surface area contributed by atoms with Crippen LogP contribution in [0.2, 0.25) is 5.02 Å². The largest absolute Gasteiger partial charge is 0.351 e. The van der Waals surface area contributed by atoms with Gasteiger partial charge in [0.2, 0.25) is 0 Å². The van der Waals surface area contributed by atoms with Crippen LogP contribution in [0.3, 0.4) is 0 Å². The number of nitrogens with one attached hydrogen (secondary N) is 2. The van der Waals surface area contributed by atoms with Gasteiger partial charge in [-0.1, -0.05) is 29.8 Å². The Hall–Kier alpha value is -1.36. The highest BCUT2D eigenvalue weighted by Gasteiger charge is 2.10. The Balaban J connectivity index is 1.67. The SMILES string of the molecule is C[NH+](CC(=O)NCCc1cccc(Cl)c1)Cc1cccs1. The molecule has 1 aromatic heterocycles. The average Bonchev–Trinajstić information content (AvgIpc) is 2.91. The molecule has 1 amide bonds. The first-order chi connectivity index (χ1) is 10.1. The summed E-state index contributed by atoms with van der Waals surface area (Å²) in [5, 5.41) is 5.76. The van der Waals surface area contributed by atoms with Gasteiger partial charge in [-0.25, -0.2) is 0 Å². The zero-order valence-electron chi connectivity index (χ0n) is 12.1. The molecule has 0 saturated heterocycles. The van der Waals surface area contributed by atoms with Crippen LogP contribution in [-0.4, -0.2) is 26.0 Å². The summed E-state index contributed by atoms with van der Waals surface area (Å²) in [6.45, 7) is 2.03. The molecule has 0 radical (unpaired) electrons. The molecule has 1 heterocycles. The lowest BCUT2D eigenvalue weighted by Gasteiger charge is -2.12. The molecule has 21 heavy (non-hydrogen) atoms. The van der Waals surface area contributed by atoms with E-state index < -0.39 is 0 Å². The van der Waals surface area contributed by atoms with Crippen molar-refractivity contribution in [3.05, 3.63) is 57.2 Å². The Kier molecular flexibility index (Phi) is 6.23. The van der Waals surface area contributed by atoms with Crippen LogP contribution >= 0.6 is 22.9 Å². The van der Waals surface area contributed by atoms with Gasteiger partial charge >= 0.3 is 0 Å². The average molecular weight is 324 g/mol. The molecule has 112 valence electrons. The van der Waals surface area contributed by atoms with Crippen LogP contribution in [0.5, 0.6) is 0 Å². The Bertz CT molecular complexity index is 571. The summed E-state index contributed by atoms with van der Waals surface area (Å²) < 4.78 is 0. The summed E-state index contributed by atoms with van der Waals surface area (Å²) in [4.78, 5) is 14.4. The zero-order chi connectivity index (χ0) is 15.1. The van der Waals surface area contributed by atoms with E-state index in [2.05, 4.69) is 16.8 Å². The fraction of sp³-hybridized carbons (Fsp3) is 0.312. The lowest BCUT2D eigenvalue weighted by atomic mass is 10.1. The first-order valence-corrected chi connectivity index (χ1v) is 8.24. The second-order valence-corrected chi connectivity index (χ2v) is 6.59. The van der Waals surface area contributed by atoms with Crippen LogP contribution in [0.15, 0.2) is 41.8 Å². The number of rotatable bonds is 7. The lowest BCUT2D eigenvalue weighted by Crippen LogP contribution is -3.08. The molecule has 2 N–H and O–H groups in total. The minimum Gasteiger partial charge on any atom is -0.351 e. The highest BCUT2D eigenvalue weighted by Crippen LogP contribution is 2.10. The number of benzene rings is 1. The van der Waals surface area contributed by atoms with Crippen molar-refractivity contribution in [2.45, 2.75) is 13.0 Å². The Labute approximate surface area is 134 Å². The lowest BCUT2D eigenvalue weighted by molar-refractivity contribution is -0.885. The molecule has 0 fully saturated rings. The number of halogens is 1. The highest BCUT2D eigenvalue weighted by molar-refractivity contribution is 7.09. The van der Waals surface area contributed by atoms with E-state index in [4.69, 9.17) is 11.6 Å². The molecule has 2 rings (SSSR count). The van der Waals surface area contributed by atoms with E-state index in [9.17, 15) is 4.79 Å². The van der Waals surface area contributed by atoms with Crippen LogP contribution < -0.4 is 10.2 Å². The van der Waals surface area contributed by atoms with E-state index in [1.165, 1.54) is 9.78 Å². The molecular formula is C16H20ClN2OS+. The topological polar surface area (TPSA) is 33.5 Å². The van der Waals surface area contributed by atoms with Gasteiger partial charge in [-0.2, -0.15) is 0 Å². The number of carbonyl (C=O) groups is 1. The quantitative estimate of drug-likeness (QED) is 0.800. The fourth-order valence-corrected chi connectivity index (χ4v) is 3.18. The molecule has 1 aromatic carbocycles. The molecule has 0 saturated carbocycles. The van der Waals surface area contributed by atoms with E-state index in [0.29, 0.717) is 13.1 Å². The monoisotopic (exact) mass is 323 g/mol. The van der Waals surface area contributed by atoms with Crippen LogP contribution in [0.4, 0.5) is 0 Å². The fourth-order valence-electron chi connectivity index (χ4n) is 2.15. The van der Waals surface area contributed by atoms with E-state index in [1.54, 1.807) is 11.3 Å². The van der Waals surface area contributed by atoms with E-state index in [-0.39, 0.29) is 5.91 Å². The molecule has 0 bridgehead atoms. The number of hydrogen-bond acceptors (Lipinski definition) is 2. The Morgan fingerprint density at radius 2 is 2.19 bits per heavy atom. The summed E-state index contributed by atoms with van der Waals surface area (Å²) in [5.74, 6) is 0.0890. The van der Waals surface area contributed by atoms with Gasteiger partial charge < -0.3 is 10.2 Å². The highest BCUT2D eigenvalue weighted by atomic mass is 35.5. The third-order valence-electron chi connectivity index (χ3n) is 3.14. The van der Waals surface area contributed by atoms with Crippen LogP contribution in [0.1, 0.15) is 10.4 Å². The van der Waals surface area contributed by atoms with Crippen molar-refractivity contribution >= 4 is 28.8 Å². The second-order valence-electron chi connectivity index (χ2n) is 5.12. The van der Waals surface area contributed by atoms with Gasteiger partial charge in [0, 0.05) is 11.6 Å². The standard InChI is InChI=1S/C16H19ClN2OS/c1-19(11-15-6-3-9-21-15)12-16(20)18-8-7-13-4-2-5-14(17)10-13/h2-6,9-10H,7-8,11-12H2,1H3,(H,18,20)/p+1. The summed E-state index contributed by atoms with van der Waals surface area (Å²) >= 11 is 7.66. The summed E-state index contributed by atoms with van der Waals surface area (Å²) in [5.41, 5.74) is 1.14. The molecule has 2 aromatic rings. The molecule has 1 atom stereocenters. The predicted octanol–water partition coefficient (Wildman–Crippen LogP) is 1.78. The van der Waals surface area contributed by atoms with Gasteiger partial charge in [0.05, 0.1) is 11.9 Å². The summed E-state index contributed by atoms with van der Waals surface area (Å²) in [7, 11) is 2.04. The maximum absolute atomic E-state index is 11.9. The minimum atomic E-state index is 0.0890. The maximum Gasteiger partial charge on any atom is 0.275 e. The molecule has 5 heteroatoms. The zero-order valence-corrected chi connectivity index (χ0v) is 13.6. The normalized spacial score (nSPS) is 12.1. The third kappa shape index (κ3) is 5.87. The number of likely N-dealkylation sites (N-methyl/N-ethyl adjacent to an activating group) is 1. The number of carbonyl (C=O) groups excluding carboxylic acids is 1. The molecule has 0 aliphatic heterocycles. The van der Waals surface area contributed by atoms with Crippen molar-refractivity contribution in [1.29, 1.82) is 0 Å². The number of quaternary nitrogens is 1. The number of hydrogen-bond donors (Lipinski definition) is 2. The first-order valence-electron chi connectivity index (χ1n) is 6.98. The molecule has 1 unspecified atom stereocenters. The van der Waals surface area contributed by atoms with E-state index in [0.717, 1.165) is 23.6 Å². The van der Waals surface area contributed by atoms with Gasteiger partial charge in [-0.05, 0) is 35.6 Å². The van der Waals surface area contributed by atoms with Crippen LogP contribution in [0, 0.1) is 0 Å². The van der Waals surface area contributed by atoms with Crippen molar-refractivity contribution in [3.63, 3.8) is 0 Å². The van der Waals surface area contributed by atoms with E-state index in [1.807, 2.05) is 37.4 Å². The minimum absolute atomic E-state index is 0.0890. The predicted molar refractivity (Wildman–Crippen MR) is 87.9 cm³/mol. The van der Waals surface area contributed by atoms with Crippen LogP contribution in [-0.2, 0) is 17.8 Å². The smallest absolute Gasteiger partial charge is 0.275 e. The van der Waals surface area contributed by atoms with Gasteiger partial charge in [0.15, 0.2) is 6.54 Å². The molecule has 0 aliphatic carbocycles. The third-order valence-corrected chi connectivity index (χ3v) is 4.25. The molecule has 0 aliphatic rings. The van der Waals surface area contributed by atoms with Crippen molar-refractivity contribution in [1.82, 2.24) is 5.32 Å². The van der Waals surface area contributed by atoms with Crippen molar-refractivity contribution in [2.75, 3.05) is 20.1 Å². The number of amides is 1. The number of thiophene rings is 1. The van der Waals surface area contributed by atoms with Gasteiger partial charge in [-0.3, -0.25) is 4.79 Å². The molecule has 3 nitrogen and oxygen atoms in total. The van der Waals surface area contributed by atoms with Gasteiger partial charge in [0.25, 0.3) is 5.91 Å². The van der Waals surface area contributed by atoms with E-state index >= 15 is 0 Å². The first kappa shape index (κ1) is 16.0. The molecule has 0 spiro atoms. The second kappa shape index (κ2) is 8.17. The van der Waals surface area contributed by atoms with Crippen molar-refractivity contribution in [2.24, 2.45) is 0 Å². The summed E-state index contributed by atoms with van der Waals surface area (Å²) in [6.07, 6.45) is 0.802. The van der Waals surface area contributed by atoms with Crippen LogP contribution in [0.25, 0.3) is 0 Å². The molecular weight excluding hydrogens is 304 g/mol. The Morgan fingerprint density at radius 3 is 2.90 bits per heavy atom. The van der Waals surface area contributed by atoms with Gasteiger partial charge in [0.1, 0.15) is 6.54 Å². The van der Waals surface area contributed by atoms with Gasteiger partial charge in [-0.15, -0.1) is 11.3 Å². The van der Waals surface area contributed by atoms with Crippen molar-refractivity contribution < 1.29 is 9.69 Å². The Morgan fingerprint density at radius 1 is 1.33 bits per heavy atom. The van der Waals surface area contributed by atoms with Crippen molar-refractivity contribution in [3.8, 4) is 0 Å². The summed E-state index contributed by atoms with van der Waals surface area (Å²) in [6, 6.07) is 11.9. The maximum atomic E-state index is 11.9.